The molecule has 28 heavy (non-hydrogen) atoms. The normalized spacial score (nSPS) is 12.0. The van der Waals surface area contributed by atoms with E-state index < -0.39 is 18.0 Å². The number of benzene rings is 2. The van der Waals surface area contributed by atoms with Crippen molar-refractivity contribution in [3.8, 4) is 0 Å². The maximum atomic E-state index is 12.2. The summed E-state index contributed by atoms with van der Waals surface area (Å²) in [4.78, 5) is 27.5. The average molecular weight is 419 g/mol. The van der Waals surface area contributed by atoms with Crippen LogP contribution in [0.1, 0.15) is 25.3 Å². The van der Waals surface area contributed by atoms with Gasteiger partial charge in [0, 0.05) is 28.5 Å². The number of hydrogen-bond donors (Lipinski definition) is 2. The second kappa shape index (κ2) is 9.13. The van der Waals surface area contributed by atoms with Gasteiger partial charge in [0.2, 0.25) is 0 Å². The minimum atomic E-state index is -0.924. The molecule has 0 saturated carbocycles. The van der Waals surface area contributed by atoms with Crippen molar-refractivity contribution in [3.63, 3.8) is 0 Å². The van der Waals surface area contributed by atoms with Gasteiger partial charge in [0.25, 0.3) is 5.91 Å². The van der Waals surface area contributed by atoms with Crippen LogP contribution in [0, 0.1) is 0 Å². The standard InChI is InChI=1S/C21H20Cl2N2O3/c1-13(21(27)25-19-10-9-15(22)11-17(19)23)28-20(26)8-4-5-14-12-24-18-7-3-2-6-16(14)18/h2-3,6-7,9-13,24H,4-5,8H2,1H3,(H,25,27)/t13-/m1/s1. The number of fused-ring (bicyclic) bond motifs is 1. The number of para-hydroxylation sites is 1. The molecule has 2 N–H and O–H groups in total. The number of anilines is 1. The number of carbonyl (C=O) groups excluding carboxylic acids is 2. The zero-order valence-corrected chi connectivity index (χ0v) is 16.8. The summed E-state index contributed by atoms with van der Waals surface area (Å²) in [7, 11) is 0. The van der Waals surface area contributed by atoms with Gasteiger partial charge < -0.3 is 15.0 Å². The van der Waals surface area contributed by atoms with Crippen LogP contribution in [0.2, 0.25) is 10.0 Å². The first kappa shape index (κ1) is 20.2. The topological polar surface area (TPSA) is 71.2 Å². The van der Waals surface area contributed by atoms with Crippen molar-refractivity contribution in [3.05, 3.63) is 64.3 Å². The number of nitrogens with one attached hydrogen (secondary N) is 2. The molecular weight excluding hydrogens is 399 g/mol. The molecular formula is C21H20Cl2N2O3. The SMILES string of the molecule is C[C@@H](OC(=O)CCCc1c[nH]c2ccccc12)C(=O)Nc1ccc(Cl)cc1Cl. The molecule has 7 heteroatoms. The average Bonchev–Trinajstić information content (AvgIpc) is 3.07. The number of H-pyrrole nitrogens is 1. The largest absolute Gasteiger partial charge is 0.453 e. The van der Waals surface area contributed by atoms with Crippen LogP contribution in [-0.2, 0) is 20.7 Å². The molecule has 0 aliphatic carbocycles. The summed E-state index contributed by atoms with van der Waals surface area (Å²) in [5.74, 6) is -0.862. The number of aromatic nitrogens is 1. The molecule has 0 saturated heterocycles. The van der Waals surface area contributed by atoms with Crippen molar-refractivity contribution in [2.75, 3.05) is 5.32 Å². The molecule has 1 amide bonds. The zero-order valence-electron chi connectivity index (χ0n) is 15.3. The number of aromatic amines is 1. The maximum Gasteiger partial charge on any atom is 0.306 e. The molecule has 2 aromatic carbocycles. The quantitative estimate of drug-likeness (QED) is 0.506. The van der Waals surface area contributed by atoms with Crippen LogP contribution in [0.3, 0.4) is 0 Å². The van der Waals surface area contributed by atoms with Gasteiger partial charge in [-0.15, -0.1) is 0 Å². The Morgan fingerprint density at radius 1 is 1.18 bits per heavy atom. The van der Waals surface area contributed by atoms with Crippen LogP contribution in [0.25, 0.3) is 10.9 Å². The van der Waals surface area contributed by atoms with Gasteiger partial charge in [-0.2, -0.15) is 0 Å². The van der Waals surface area contributed by atoms with E-state index in [9.17, 15) is 9.59 Å². The van der Waals surface area contributed by atoms with Gasteiger partial charge in [-0.3, -0.25) is 9.59 Å². The molecule has 1 aromatic heterocycles. The number of rotatable bonds is 7. The van der Waals surface area contributed by atoms with E-state index in [0.29, 0.717) is 22.2 Å². The van der Waals surface area contributed by atoms with Crippen LogP contribution in [0.5, 0.6) is 0 Å². The van der Waals surface area contributed by atoms with Crippen LogP contribution in [0.15, 0.2) is 48.7 Å². The fourth-order valence-electron chi connectivity index (χ4n) is 2.90. The molecule has 0 radical (unpaired) electrons. The number of aryl methyl sites for hydroxylation is 1. The lowest BCUT2D eigenvalue weighted by molar-refractivity contribution is -0.153. The summed E-state index contributed by atoms with van der Waals surface area (Å²) in [6.07, 6.45) is 2.66. The highest BCUT2D eigenvalue weighted by atomic mass is 35.5. The summed E-state index contributed by atoms with van der Waals surface area (Å²) in [6.45, 7) is 1.52. The first-order valence-corrected chi connectivity index (χ1v) is 9.70. The van der Waals surface area contributed by atoms with Crippen LogP contribution >= 0.6 is 23.2 Å². The Hall–Kier alpha value is -2.50. The van der Waals surface area contributed by atoms with E-state index in [2.05, 4.69) is 10.3 Å². The lowest BCUT2D eigenvalue weighted by Gasteiger charge is -2.14. The molecule has 0 fully saturated rings. The minimum absolute atomic E-state index is 0.235. The number of esters is 1. The van der Waals surface area contributed by atoms with E-state index in [4.69, 9.17) is 27.9 Å². The van der Waals surface area contributed by atoms with Gasteiger partial charge in [-0.05, 0) is 49.6 Å². The Labute approximate surface area is 173 Å². The molecule has 1 atom stereocenters. The molecule has 0 aliphatic rings. The molecule has 0 aliphatic heterocycles. The molecule has 146 valence electrons. The van der Waals surface area contributed by atoms with Gasteiger partial charge in [-0.1, -0.05) is 41.4 Å². The van der Waals surface area contributed by atoms with E-state index >= 15 is 0 Å². The van der Waals surface area contributed by atoms with Crippen molar-refractivity contribution >= 4 is 51.7 Å². The van der Waals surface area contributed by atoms with Gasteiger partial charge in [0.05, 0.1) is 10.7 Å². The van der Waals surface area contributed by atoms with Crippen molar-refractivity contribution in [1.82, 2.24) is 4.98 Å². The number of hydrogen-bond acceptors (Lipinski definition) is 3. The van der Waals surface area contributed by atoms with Crippen LogP contribution < -0.4 is 5.32 Å². The molecule has 3 rings (SSSR count). The Balaban J connectivity index is 1.46. The van der Waals surface area contributed by atoms with Gasteiger partial charge in [0.1, 0.15) is 0 Å². The highest BCUT2D eigenvalue weighted by Crippen LogP contribution is 2.25. The van der Waals surface area contributed by atoms with E-state index in [-0.39, 0.29) is 6.42 Å². The summed E-state index contributed by atoms with van der Waals surface area (Å²) >= 11 is 11.9. The number of amides is 1. The third kappa shape index (κ3) is 5.06. The Morgan fingerprint density at radius 3 is 2.75 bits per heavy atom. The molecule has 5 nitrogen and oxygen atoms in total. The Morgan fingerprint density at radius 2 is 1.96 bits per heavy atom. The van der Waals surface area contributed by atoms with E-state index in [1.807, 2.05) is 30.5 Å². The van der Waals surface area contributed by atoms with Crippen molar-refractivity contribution in [2.24, 2.45) is 0 Å². The predicted molar refractivity (Wildman–Crippen MR) is 112 cm³/mol. The first-order valence-electron chi connectivity index (χ1n) is 8.94. The molecule has 0 unspecified atom stereocenters. The summed E-state index contributed by atoms with van der Waals surface area (Å²) < 4.78 is 5.23. The smallest absolute Gasteiger partial charge is 0.306 e. The fraction of sp³-hybridized carbons (Fsp3) is 0.238. The van der Waals surface area contributed by atoms with Crippen LogP contribution in [0.4, 0.5) is 5.69 Å². The zero-order chi connectivity index (χ0) is 20.1. The van der Waals surface area contributed by atoms with Gasteiger partial charge in [0.15, 0.2) is 6.10 Å². The summed E-state index contributed by atoms with van der Waals surface area (Å²) in [6, 6.07) is 12.8. The second-order valence-corrected chi connectivity index (χ2v) is 7.30. The highest BCUT2D eigenvalue weighted by molar-refractivity contribution is 6.36. The molecule has 0 bridgehead atoms. The summed E-state index contributed by atoms with van der Waals surface area (Å²) in [5.41, 5.74) is 2.65. The minimum Gasteiger partial charge on any atom is -0.453 e. The number of halogens is 2. The highest BCUT2D eigenvalue weighted by Gasteiger charge is 2.19. The van der Waals surface area contributed by atoms with Crippen molar-refractivity contribution in [2.45, 2.75) is 32.3 Å². The fourth-order valence-corrected chi connectivity index (χ4v) is 3.35. The van der Waals surface area contributed by atoms with Gasteiger partial charge >= 0.3 is 5.97 Å². The van der Waals surface area contributed by atoms with E-state index in [1.54, 1.807) is 12.1 Å². The number of ether oxygens (including phenoxy) is 1. The van der Waals surface area contributed by atoms with Crippen LogP contribution in [-0.4, -0.2) is 23.0 Å². The van der Waals surface area contributed by atoms with E-state index in [1.165, 1.54) is 13.0 Å². The lowest BCUT2D eigenvalue weighted by atomic mass is 10.1. The summed E-state index contributed by atoms with van der Waals surface area (Å²) in [5, 5.41) is 4.57. The lowest BCUT2D eigenvalue weighted by Crippen LogP contribution is -2.30. The maximum absolute atomic E-state index is 12.2. The second-order valence-electron chi connectivity index (χ2n) is 6.46. The molecule has 0 spiro atoms. The molecule has 3 aromatic rings. The predicted octanol–water partition coefficient (Wildman–Crippen LogP) is 5.37. The van der Waals surface area contributed by atoms with E-state index in [0.717, 1.165) is 22.9 Å². The first-order chi connectivity index (χ1) is 13.4. The monoisotopic (exact) mass is 418 g/mol. The van der Waals surface area contributed by atoms with Crippen molar-refractivity contribution < 1.29 is 14.3 Å². The Bertz CT molecular complexity index is 1000. The molecule has 1 heterocycles. The van der Waals surface area contributed by atoms with Crippen molar-refractivity contribution in [1.29, 1.82) is 0 Å². The third-order valence-corrected chi connectivity index (χ3v) is 4.92. The number of carbonyl (C=O) groups is 2. The Kier molecular flexibility index (Phi) is 6.60. The van der Waals surface area contributed by atoms with Gasteiger partial charge in [-0.25, -0.2) is 0 Å². The third-order valence-electron chi connectivity index (χ3n) is 4.37.